The van der Waals surface area contributed by atoms with Gasteiger partial charge >= 0.3 is 35.0 Å². The van der Waals surface area contributed by atoms with E-state index in [9.17, 15) is 0 Å². The molecule has 0 saturated heterocycles. The Hall–Kier alpha value is 0.182. The van der Waals surface area contributed by atoms with Gasteiger partial charge in [-0.1, -0.05) is 58.5 Å². The van der Waals surface area contributed by atoms with Crippen molar-refractivity contribution in [1.29, 1.82) is 0 Å². The summed E-state index contributed by atoms with van der Waals surface area (Å²) in [6.45, 7) is 3.65. The van der Waals surface area contributed by atoms with Gasteiger partial charge in [0.1, 0.15) is 11.4 Å². The summed E-state index contributed by atoms with van der Waals surface area (Å²) in [7, 11) is 9.63. The molecule has 0 N–H and O–H groups in total. The van der Waals surface area contributed by atoms with E-state index < -0.39 is 0 Å². The minimum absolute atomic E-state index is 0.106. The first-order chi connectivity index (χ1) is 11.8. The van der Waals surface area contributed by atoms with Gasteiger partial charge in [0, 0.05) is 0 Å². The molecule has 0 spiro atoms. The van der Waals surface area contributed by atoms with Gasteiger partial charge in [0.25, 0.3) is 0 Å². The summed E-state index contributed by atoms with van der Waals surface area (Å²) in [6, 6.07) is 10.5. The molecule has 0 amide bonds. The fraction of sp³-hybridized carbons (Fsp3) is 0.125. The molecule has 0 atom stereocenters. The molecule has 2 nitrogen and oxygen atoms in total. The average Bonchev–Trinajstić information content (AvgIpc) is 2.55. The molecule has 0 heterocycles. The Bertz CT molecular complexity index is 686. The Morgan fingerprint density at radius 3 is 1.16 bits per heavy atom. The fourth-order valence-corrected chi connectivity index (χ4v) is 2.65. The zero-order chi connectivity index (χ0) is 19.0. The standard InChI is InChI=1S/C16H12Cl4N2.2ClH.Pd/c1-9(21-15-11(17)5-3-6-12(15)18)10(2)22-16-13(19)7-4-8-14(16)20;;;/h3-8H,1-2H3;2*1H;/q;;;+2/p-2. The molecule has 0 aliphatic carbocycles. The summed E-state index contributed by atoms with van der Waals surface area (Å²) in [6.07, 6.45) is 0. The van der Waals surface area contributed by atoms with E-state index in [1.807, 2.05) is 13.8 Å². The van der Waals surface area contributed by atoms with Gasteiger partial charge in [0.05, 0.1) is 31.5 Å². The van der Waals surface area contributed by atoms with Crippen LogP contribution in [0.15, 0.2) is 46.4 Å². The zero-order valence-electron chi connectivity index (χ0n) is 12.9. The van der Waals surface area contributed by atoms with Crippen LogP contribution in [0.5, 0.6) is 0 Å². The number of para-hydroxylation sites is 2. The summed E-state index contributed by atoms with van der Waals surface area (Å²) in [4.78, 5) is 8.90. The summed E-state index contributed by atoms with van der Waals surface area (Å²) < 4.78 is 0. The van der Waals surface area contributed by atoms with Crippen molar-refractivity contribution in [3.05, 3.63) is 56.5 Å². The van der Waals surface area contributed by atoms with Crippen LogP contribution >= 0.6 is 65.5 Å². The second-order valence-corrected chi connectivity index (χ2v) is 8.57. The molecule has 0 saturated carbocycles. The van der Waals surface area contributed by atoms with Gasteiger partial charge in [0.2, 0.25) is 0 Å². The Balaban J connectivity index is 0.000000970. The normalized spacial score (nSPS) is 12.0. The number of benzene rings is 2. The molecule has 138 valence electrons. The van der Waals surface area contributed by atoms with Crippen LogP contribution in [0.2, 0.25) is 20.1 Å². The van der Waals surface area contributed by atoms with Crippen LogP contribution in [0.3, 0.4) is 0 Å². The van der Waals surface area contributed by atoms with Crippen molar-refractivity contribution in [2.75, 3.05) is 0 Å². The van der Waals surface area contributed by atoms with Crippen LogP contribution in [-0.4, -0.2) is 11.4 Å². The fourth-order valence-electron chi connectivity index (χ4n) is 1.69. The first-order valence-corrected chi connectivity index (χ1v) is 12.1. The third-order valence-electron chi connectivity index (χ3n) is 2.96. The van der Waals surface area contributed by atoms with Gasteiger partial charge in [-0.05, 0) is 38.1 Å². The van der Waals surface area contributed by atoms with Crippen LogP contribution in [0.4, 0.5) is 11.4 Å². The second-order valence-electron chi connectivity index (χ2n) is 4.58. The molecular formula is C16H12Cl6N2Pd. The van der Waals surface area contributed by atoms with Crippen LogP contribution in [0.1, 0.15) is 13.8 Å². The molecule has 0 aromatic heterocycles. The third-order valence-corrected chi connectivity index (χ3v) is 4.18. The molecule has 0 bridgehead atoms. The van der Waals surface area contributed by atoms with Gasteiger partial charge < -0.3 is 0 Å². The van der Waals surface area contributed by atoms with Crippen LogP contribution in [-0.2, 0) is 15.9 Å². The zero-order valence-corrected chi connectivity index (χ0v) is 19.0. The number of halogens is 6. The number of hydrogen-bond donors (Lipinski definition) is 0. The molecule has 0 aliphatic rings. The molecule has 0 unspecified atom stereocenters. The van der Waals surface area contributed by atoms with Gasteiger partial charge in [-0.15, -0.1) is 0 Å². The van der Waals surface area contributed by atoms with Crippen molar-refractivity contribution in [3.63, 3.8) is 0 Å². The van der Waals surface area contributed by atoms with E-state index >= 15 is 0 Å². The van der Waals surface area contributed by atoms with E-state index in [1.54, 1.807) is 36.4 Å². The maximum absolute atomic E-state index is 6.12. The SMILES string of the molecule is CC(=Nc1c(Cl)cccc1Cl)C(C)=Nc1c(Cl)cccc1Cl.[Cl][Pd][Cl]. The van der Waals surface area contributed by atoms with Crippen LogP contribution < -0.4 is 0 Å². The molecule has 0 aliphatic heterocycles. The van der Waals surface area contributed by atoms with E-state index in [0.717, 1.165) is 0 Å². The monoisotopic (exact) mass is 548 g/mol. The third kappa shape index (κ3) is 7.37. The van der Waals surface area contributed by atoms with Gasteiger partial charge in [-0.3, -0.25) is 0 Å². The van der Waals surface area contributed by atoms with Crippen LogP contribution in [0, 0.1) is 0 Å². The molecule has 2 aromatic rings. The molecule has 0 radical (unpaired) electrons. The number of rotatable bonds is 3. The predicted octanol–water partition coefficient (Wildman–Crippen LogP) is 8.56. The van der Waals surface area contributed by atoms with E-state index in [4.69, 9.17) is 65.5 Å². The van der Waals surface area contributed by atoms with Crippen LogP contribution in [0.25, 0.3) is 0 Å². The molecule has 2 aromatic carbocycles. The first kappa shape index (κ1) is 23.2. The van der Waals surface area contributed by atoms with Gasteiger partial charge in [-0.2, -0.15) is 0 Å². The minimum atomic E-state index is -0.106. The number of hydrogen-bond acceptors (Lipinski definition) is 2. The second kappa shape index (κ2) is 11.8. The van der Waals surface area contributed by atoms with Crippen molar-refractivity contribution in [2.24, 2.45) is 9.98 Å². The first-order valence-electron chi connectivity index (χ1n) is 6.63. The molecule has 2 rings (SSSR count). The molecular weight excluding hydrogens is 539 g/mol. The van der Waals surface area contributed by atoms with Crippen molar-refractivity contribution in [1.82, 2.24) is 0 Å². The topological polar surface area (TPSA) is 24.7 Å². The van der Waals surface area contributed by atoms with E-state index in [2.05, 4.69) is 9.98 Å². The summed E-state index contributed by atoms with van der Waals surface area (Å²) >= 11 is 24.4. The molecule has 9 heteroatoms. The maximum atomic E-state index is 6.12. The summed E-state index contributed by atoms with van der Waals surface area (Å²) in [5.41, 5.74) is 2.38. The van der Waals surface area contributed by atoms with Crippen molar-refractivity contribution in [3.8, 4) is 0 Å². The number of aliphatic imine (C=N–C) groups is 2. The Morgan fingerprint density at radius 1 is 0.680 bits per heavy atom. The quantitative estimate of drug-likeness (QED) is 0.270. The predicted molar refractivity (Wildman–Crippen MR) is 110 cm³/mol. The average molecular weight is 551 g/mol. The summed E-state index contributed by atoms with van der Waals surface area (Å²) in [5, 5.41) is 1.93. The van der Waals surface area contributed by atoms with Gasteiger partial charge in [0.15, 0.2) is 0 Å². The van der Waals surface area contributed by atoms with Crippen molar-refractivity contribution < 1.29 is 15.9 Å². The van der Waals surface area contributed by atoms with Crippen molar-refractivity contribution >= 4 is 88.3 Å². The van der Waals surface area contributed by atoms with E-state index in [1.165, 1.54) is 0 Å². The van der Waals surface area contributed by atoms with Gasteiger partial charge in [-0.25, -0.2) is 9.98 Å². The summed E-state index contributed by atoms with van der Waals surface area (Å²) in [5.74, 6) is 0. The van der Waals surface area contributed by atoms with E-state index in [0.29, 0.717) is 42.9 Å². The Labute approximate surface area is 183 Å². The Morgan fingerprint density at radius 2 is 0.920 bits per heavy atom. The van der Waals surface area contributed by atoms with Crippen molar-refractivity contribution in [2.45, 2.75) is 13.8 Å². The number of nitrogens with zero attached hydrogens (tertiary/aromatic N) is 2. The molecule has 0 fully saturated rings. The molecule has 25 heavy (non-hydrogen) atoms. The Kier molecular flexibility index (Phi) is 11.0. The van der Waals surface area contributed by atoms with E-state index in [-0.39, 0.29) is 15.9 Å².